The lowest BCUT2D eigenvalue weighted by atomic mass is 10.1. The molecular weight excluding hydrogens is 526 g/mol. The van der Waals surface area contributed by atoms with Gasteiger partial charge in [0.05, 0.1) is 23.9 Å². The second-order valence-corrected chi connectivity index (χ2v) is 9.24. The van der Waals surface area contributed by atoms with E-state index >= 15 is 0 Å². The first-order chi connectivity index (χ1) is 19.9. The normalized spacial score (nSPS) is 10.5. The fraction of sp³-hybridized carbons (Fsp3) is 0.156. The molecule has 0 spiro atoms. The summed E-state index contributed by atoms with van der Waals surface area (Å²) >= 11 is 0. The number of ether oxygens (including phenoxy) is 1. The van der Waals surface area contributed by atoms with E-state index < -0.39 is 17.5 Å². The number of carbonyl (C=O) groups excluding carboxylic acids is 2. The van der Waals surface area contributed by atoms with Crippen LogP contribution in [0.15, 0.2) is 91.0 Å². The number of halogens is 2. The van der Waals surface area contributed by atoms with Gasteiger partial charge in [-0.25, -0.2) is 8.78 Å². The number of anilines is 1. The highest BCUT2D eigenvalue weighted by atomic mass is 19.2. The molecule has 4 aromatic rings. The predicted octanol–water partition coefficient (Wildman–Crippen LogP) is 5.72. The van der Waals surface area contributed by atoms with Gasteiger partial charge in [0.2, 0.25) is 11.8 Å². The molecule has 0 bridgehead atoms. The Morgan fingerprint density at radius 3 is 2.34 bits per heavy atom. The Labute approximate surface area is 236 Å². The topological polar surface area (TPSA) is 108 Å². The number of nitrogens with one attached hydrogen (secondary N) is 1. The summed E-state index contributed by atoms with van der Waals surface area (Å²) in [6.45, 7) is 0.516. The molecule has 2 amide bonds. The van der Waals surface area contributed by atoms with Gasteiger partial charge in [0.25, 0.3) is 0 Å². The number of hydrogen-bond donors (Lipinski definition) is 2. The van der Waals surface area contributed by atoms with E-state index in [9.17, 15) is 18.4 Å². The fourth-order valence-electron chi connectivity index (χ4n) is 4.10. The van der Waals surface area contributed by atoms with Crippen LogP contribution in [0.3, 0.4) is 0 Å². The van der Waals surface area contributed by atoms with Crippen LogP contribution in [0.25, 0.3) is 0 Å². The molecule has 208 valence electrons. The second-order valence-electron chi connectivity index (χ2n) is 9.24. The minimum Gasteiger partial charge on any atom is -0.455 e. The lowest BCUT2D eigenvalue weighted by Crippen LogP contribution is -2.32. The number of benzene rings is 4. The van der Waals surface area contributed by atoms with E-state index in [2.05, 4.69) is 11.4 Å². The smallest absolute Gasteiger partial charge is 0.227 e. The highest BCUT2D eigenvalue weighted by Crippen LogP contribution is 2.34. The van der Waals surface area contributed by atoms with Gasteiger partial charge in [0.15, 0.2) is 17.4 Å². The van der Waals surface area contributed by atoms with Crippen LogP contribution in [-0.4, -0.2) is 11.8 Å². The summed E-state index contributed by atoms with van der Waals surface area (Å²) in [5.74, 6) is -1.71. The van der Waals surface area contributed by atoms with E-state index in [0.29, 0.717) is 34.9 Å². The molecule has 0 saturated heterocycles. The van der Waals surface area contributed by atoms with E-state index in [1.54, 1.807) is 54.6 Å². The van der Waals surface area contributed by atoms with Gasteiger partial charge in [-0.15, -0.1) is 0 Å². The first kappa shape index (κ1) is 28.9. The molecule has 0 unspecified atom stereocenters. The quantitative estimate of drug-likeness (QED) is 0.247. The van der Waals surface area contributed by atoms with Crippen molar-refractivity contribution in [2.24, 2.45) is 5.73 Å². The average molecular weight is 555 g/mol. The third-order valence-corrected chi connectivity index (χ3v) is 6.28. The molecule has 0 radical (unpaired) electrons. The maximum atomic E-state index is 13.6. The number of rotatable bonds is 11. The van der Waals surface area contributed by atoms with Crippen molar-refractivity contribution in [1.82, 2.24) is 5.32 Å². The number of nitrogens with two attached hydrogens (primary N) is 1. The number of carbonyl (C=O) groups is 2. The Bertz CT molecular complexity index is 1570. The van der Waals surface area contributed by atoms with Crippen LogP contribution in [-0.2, 0) is 29.2 Å². The SMILES string of the molecule is N#Cc1ccc(CN(C(=O)CCC(=O)NCc2ccc(F)c(F)c2)c2ccccc2Oc2cccc(CN)c2)cc1. The van der Waals surface area contributed by atoms with Crippen molar-refractivity contribution >= 4 is 17.5 Å². The maximum absolute atomic E-state index is 13.6. The highest BCUT2D eigenvalue weighted by Gasteiger charge is 2.21. The summed E-state index contributed by atoms with van der Waals surface area (Å²) in [7, 11) is 0. The van der Waals surface area contributed by atoms with Crippen LogP contribution in [0, 0.1) is 23.0 Å². The molecule has 0 aromatic heterocycles. The number of amides is 2. The predicted molar refractivity (Wildman–Crippen MR) is 151 cm³/mol. The molecule has 0 saturated carbocycles. The van der Waals surface area contributed by atoms with Gasteiger partial charge in [-0.3, -0.25) is 9.59 Å². The zero-order chi connectivity index (χ0) is 29.2. The first-order valence-corrected chi connectivity index (χ1v) is 12.9. The molecule has 0 aliphatic carbocycles. The Hall–Kier alpha value is -5.07. The summed E-state index contributed by atoms with van der Waals surface area (Å²) in [6.07, 6.45) is -0.231. The zero-order valence-corrected chi connectivity index (χ0v) is 22.1. The number of hydrogen-bond acceptors (Lipinski definition) is 5. The van der Waals surface area contributed by atoms with Crippen LogP contribution in [0.2, 0.25) is 0 Å². The largest absolute Gasteiger partial charge is 0.455 e. The minimum atomic E-state index is -0.999. The second kappa shape index (κ2) is 13.8. The minimum absolute atomic E-state index is 0.00227. The van der Waals surface area contributed by atoms with Gasteiger partial charge in [-0.05, 0) is 65.2 Å². The molecular formula is C32H28F2N4O3. The standard InChI is InChI=1S/C32H28F2N4O3/c33-27-13-12-25(17-28(27)34)20-37-31(39)14-15-32(40)38(21-23-10-8-22(18-35)9-11-23)29-6-1-2-7-30(29)41-26-5-3-4-24(16-26)19-36/h1-13,16-17H,14-15,19-21,36H2,(H,37,39). The highest BCUT2D eigenvalue weighted by molar-refractivity contribution is 5.96. The summed E-state index contributed by atoms with van der Waals surface area (Å²) in [4.78, 5) is 27.6. The Morgan fingerprint density at radius 1 is 0.854 bits per heavy atom. The van der Waals surface area contributed by atoms with Gasteiger partial charge in [-0.1, -0.05) is 42.5 Å². The Morgan fingerprint density at radius 2 is 1.61 bits per heavy atom. The molecule has 4 aromatic carbocycles. The first-order valence-electron chi connectivity index (χ1n) is 12.9. The molecule has 0 fully saturated rings. The van der Waals surface area contributed by atoms with Crippen LogP contribution in [0.5, 0.6) is 11.5 Å². The van der Waals surface area contributed by atoms with Crippen molar-refractivity contribution in [3.05, 3.63) is 125 Å². The van der Waals surface area contributed by atoms with Gasteiger partial charge < -0.3 is 20.7 Å². The van der Waals surface area contributed by atoms with Crippen molar-refractivity contribution in [2.45, 2.75) is 32.5 Å². The van der Waals surface area contributed by atoms with Gasteiger partial charge in [0, 0.05) is 25.9 Å². The molecule has 0 atom stereocenters. The zero-order valence-electron chi connectivity index (χ0n) is 22.1. The van der Waals surface area contributed by atoms with Gasteiger partial charge >= 0.3 is 0 Å². The molecule has 0 heterocycles. The summed E-state index contributed by atoms with van der Waals surface area (Å²) in [5.41, 5.74) is 8.83. The number of nitriles is 1. The van der Waals surface area contributed by atoms with Crippen molar-refractivity contribution in [2.75, 3.05) is 4.90 Å². The van der Waals surface area contributed by atoms with Crippen molar-refractivity contribution < 1.29 is 23.1 Å². The van der Waals surface area contributed by atoms with Gasteiger partial charge in [0.1, 0.15) is 5.75 Å². The lowest BCUT2D eigenvalue weighted by Gasteiger charge is -2.25. The summed E-state index contributed by atoms with van der Waals surface area (Å²) < 4.78 is 32.8. The van der Waals surface area contributed by atoms with Crippen molar-refractivity contribution in [3.8, 4) is 17.6 Å². The average Bonchev–Trinajstić information content (AvgIpc) is 3.00. The van der Waals surface area contributed by atoms with Crippen LogP contribution >= 0.6 is 0 Å². The molecule has 0 aliphatic rings. The molecule has 0 aliphatic heterocycles. The molecule has 3 N–H and O–H groups in total. The summed E-state index contributed by atoms with van der Waals surface area (Å²) in [6, 6.07) is 26.7. The fourth-order valence-corrected chi connectivity index (χ4v) is 4.10. The van der Waals surface area contributed by atoms with Crippen LogP contribution in [0.4, 0.5) is 14.5 Å². The van der Waals surface area contributed by atoms with Crippen LogP contribution in [0.1, 0.15) is 35.1 Å². The van der Waals surface area contributed by atoms with E-state index in [-0.39, 0.29) is 31.8 Å². The van der Waals surface area contributed by atoms with E-state index in [1.165, 1.54) is 11.0 Å². The monoisotopic (exact) mass is 554 g/mol. The Kier molecular flexibility index (Phi) is 9.75. The number of nitrogens with zero attached hydrogens (tertiary/aromatic N) is 2. The summed E-state index contributed by atoms with van der Waals surface area (Å²) in [5, 5.41) is 11.8. The van der Waals surface area contributed by atoms with Gasteiger partial charge in [-0.2, -0.15) is 5.26 Å². The van der Waals surface area contributed by atoms with E-state index in [4.69, 9.17) is 15.7 Å². The maximum Gasteiger partial charge on any atom is 0.227 e. The van der Waals surface area contributed by atoms with E-state index in [0.717, 1.165) is 23.3 Å². The third kappa shape index (κ3) is 7.97. The molecule has 7 nitrogen and oxygen atoms in total. The van der Waals surface area contributed by atoms with Crippen LogP contribution < -0.4 is 20.7 Å². The third-order valence-electron chi connectivity index (χ3n) is 6.28. The number of para-hydroxylation sites is 2. The van der Waals surface area contributed by atoms with Crippen molar-refractivity contribution in [1.29, 1.82) is 5.26 Å². The molecule has 4 rings (SSSR count). The molecule has 9 heteroatoms. The molecule has 41 heavy (non-hydrogen) atoms. The lowest BCUT2D eigenvalue weighted by molar-refractivity contribution is -0.125. The van der Waals surface area contributed by atoms with Crippen molar-refractivity contribution in [3.63, 3.8) is 0 Å². The van der Waals surface area contributed by atoms with E-state index in [1.807, 2.05) is 18.2 Å². The Balaban J connectivity index is 1.52.